The lowest BCUT2D eigenvalue weighted by Gasteiger charge is -2.31. The number of rotatable bonds is 3. The van der Waals surface area contributed by atoms with Crippen molar-refractivity contribution in [2.45, 2.75) is 26.4 Å². The van der Waals surface area contributed by atoms with Gasteiger partial charge in [0.25, 0.3) is 0 Å². The predicted octanol–water partition coefficient (Wildman–Crippen LogP) is 1.11. The van der Waals surface area contributed by atoms with Gasteiger partial charge in [0, 0.05) is 18.8 Å². The van der Waals surface area contributed by atoms with Gasteiger partial charge in [0.2, 0.25) is 0 Å². The number of benzene rings is 1. The van der Waals surface area contributed by atoms with E-state index in [4.69, 9.17) is 5.73 Å². The van der Waals surface area contributed by atoms with Crippen molar-refractivity contribution in [1.82, 2.24) is 14.8 Å². The molecule has 3 rings (SSSR count). The lowest BCUT2D eigenvalue weighted by atomic mass is 10.0. The zero-order valence-corrected chi connectivity index (χ0v) is 11.2. The molecule has 0 bridgehead atoms. The van der Waals surface area contributed by atoms with Crippen molar-refractivity contribution in [2.24, 2.45) is 5.73 Å². The highest BCUT2D eigenvalue weighted by Gasteiger charge is 2.19. The summed E-state index contributed by atoms with van der Waals surface area (Å²) in [7, 11) is 0. The van der Waals surface area contributed by atoms with E-state index >= 15 is 0 Å². The van der Waals surface area contributed by atoms with Crippen molar-refractivity contribution in [3.63, 3.8) is 0 Å². The van der Waals surface area contributed by atoms with E-state index in [0.29, 0.717) is 6.54 Å². The molecule has 5 nitrogen and oxygen atoms in total. The maximum atomic E-state index is 5.72. The normalized spacial score (nSPS) is 14.5. The second-order valence-electron chi connectivity index (χ2n) is 5.03. The number of anilines is 1. The lowest BCUT2D eigenvalue weighted by molar-refractivity contribution is 0.558. The fourth-order valence-corrected chi connectivity index (χ4v) is 2.65. The number of aryl methyl sites for hydroxylation is 1. The molecule has 2 aromatic rings. The summed E-state index contributed by atoms with van der Waals surface area (Å²) in [5, 5.41) is 8.14. The summed E-state index contributed by atoms with van der Waals surface area (Å²) in [6.45, 7) is 5.56. The number of fused-ring (bicyclic) bond motifs is 1. The van der Waals surface area contributed by atoms with Gasteiger partial charge in [0.05, 0.1) is 6.54 Å². The van der Waals surface area contributed by atoms with E-state index in [0.717, 1.165) is 31.9 Å². The van der Waals surface area contributed by atoms with Gasteiger partial charge < -0.3 is 15.2 Å². The van der Waals surface area contributed by atoms with Gasteiger partial charge in [-0.25, -0.2) is 0 Å². The highest BCUT2D eigenvalue weighted by atomic mass is 15.3. The van der Waals surface area contributed by atoms with E-state index < -0.39 is 0 Å². The Balaban J connectivity index is 1.90. The highest BCUT2D eigenvalue weighted by molar-refractivity contribution is 5.55. The molecule has 19 heavy (non-hydrogen) atoms. The molecule has 0 aliphatic carbocycles. The molecule has 0 amide bonds. The van der Waals surface area contributed by atoms with E-state index in [1.54, 1.807) is 0 Å². The Morgan fingerprint density at radius 1 is 1.32 bits per heavy atom. The van der Waals surface area contributed by atoms with Gasteiger partial charge in [0.15, 0.2) is 5.82 Å². The summed E-state index contributed by atoms with van der Waals surface area (Å²) < 4.78 is 2.12. The first kappa shape index (κ1) is 12.2. The van der Waals surface area contributed by atoms with Crippen LogP contribution in [0.2, 0.25) is 0 Å². The van der Waals surface area contributed by atoms with Crippen LogP contribution in [0.4, 0.5) is 5.69 Å². The minimum Gasteiger partial charge on any atom is -0.362 e. The molecular formula is C14H19N5. The molecule has 1 aliphatic rings. The molecule has 0 fully saturated rings. The molecule has 1 aromatic carbocycles. The zero-order valence-electron chi connectivity index (χ0n) is 11.2. The van der Waals surface area contributed by atoms with Crippen LogP contribution >= 0.6 is 0 Å². The third-order valence-corrected chi connectivity index (χ3v) is 3.63. The van der Waals surface area contributed by atoms with Gasteiger partial charge >= 0.3 is 0 Å². The van der Waals surface area contributed by atoms with Crippen molar-refractivity contribution in [2.75, 3.05) is 18.0 Å². The fourth-order valence-electron chi connectivity index (χ4n) is 2.65. The Bertz CT molecular complexity index is 575. The molecule has 0 radical (unpaired) electrons. The smallest absolute Gasteiger partial charge is 0.152 e. The summed E-state index contributed by atoms with van der Waals surface area (Å²) in [6, 6.07) is 6.60. The third kappa shape index (κ3) is 2.33. The van der Waals surface area contributed by atoms with E-state index in [9.17, 15) is 0 Å². The molecule has 0 saturated carbocycles. The van der Waals surface area contributed by atoms with E-state index in [-0.39, 0.29) is 0 Å². The van der Waals surface area contributed by atoms with Gasteiger partial charge in [-0.15, -0.1) is 10.2 Å². The molecule has 0 atom stereocenters. The van der Waals surface area contributed by atoms with Crippen LogP contribution in [0.1, 0.15) is 17.0 Å². The second-order valence-corrected chi connectivity index (χ2v) is 5.03. The minimum absolute atomic E-state index is 0.681. The fraction of sp³-hybridized carbons (Fsp3) is 0.429. The zero-order chi connectivity index (χ0) is 13.2. The predicted molar refractivity (Wildman–Crippen MR) is 75.0 cm³/mol. The topological polar surface area (TPSA) is 60.0 Å². The molecule has 0 unspecified atom stereocenters. The average molecular weight is 257 g/mol. The molecule has 100 valence electrons. The van der Waals surface area contributed by atoms with Crippen molar-refractivity contribution < 1.29 is 0 Å². The van der Waals surface area contributed by atoms with Crippen LogP contribution in [-0.4, -0.2) is 27.9 Å². The molecule has 0 saturated heterocycles. The molecule has 2 heterocycles. The number of aromatic nitrogens is 3. The van der Waals surface area contributed by atoms with Crippen LogP contribution in [0.3, 0.4) is 0 Å². The maximum Gasteiger partial charge on any atom is 0.152 e. The first-order valence-corrected chi connectivity index (χ1v) is 6.69. The number of nitrogens with two attached hydrogens (primary N) is 1. The Kier molecular flexibility index (Phi) is 3.21. The summed E-state index contributed by atoms with van der Waals surface area (Å²) in [4.78, 5) is 2.37. The van der Waals surface area contributed by atoms with Gasteiger partial charge in [-0.05, 0) is 31.5 Å². The van der Waals surface area contributed by atoms with Crippen molar-refractivity contribution >= 4 is 5.69 Å². The largest absolute Gasteiger partial charge is 0.362 e. The summed E-state index contributed by atoms with van der Waals surface area (Å²) >= 11 is 0. The van der Waals surface area contributed by atoms with E-state index in [2.05, 4.69) is 44.8 Å². The number of nitrogens with zero attached hydrogens (tertiary/aromatic N) is 4. The van der Waals surface area contributed by atoms with Crippen LogP contribution in [0.25, 0.3) is 0 Å². The Labute approximate surface area is 113 Å². The molecule has 1 aliphatic heterocycles. The van der Waals surface area contributed by atoms with Crippen LogP contribution in [0.15, 0.2) is 24.5 Å². The molecule has 2 N–H and O–H groups in total. The van der Waals surface area contributed by atoms with E-state index in [1.807, 2.05) is 6.33 Å². The van der Waals surface area contributed by atoms with Crippen molar-refractivity contribution in [1.29, 1.82) is 0 Å². The summed E-state index contributed by atoms with van der Waals surface area (Å²) in [5.74, 6) is 1.03. The third-order valence-electron chi connectivity index (χ3n) is 3.63. The second kappa shape index (κ2) is 5.01. The van der Waals surface area contributed by atoms with Gasteiger partial charge in [-0.2, -0.15) is 0 Å². The van der Waals surface area contributed by atoms with Crippen LogP contribution in [-0.2, 0) is 19.5 Å². The van der Waals surface area contributed by atoms with Gasteiger partial charge in [0.1, 0.15) is 6.33 Å². The van der Waals surface area contributed by atoms with Gasteiger partial charge in [-0.1, -0.05) is 17.7 Å². The maximum absolute atomic E-state index is 5.72. The highest BCUT2D eigenvalue weighted by Crippen LogP contribution is 2.25. The van der Waals surface area contributed by atoms with Crippen LogP contribution < -0.4 is 10.6 Å². The Hall–Kier alpha value is -1.88. The minimum atomic E-state index is 0.681. The Morgan fingerprint density at radius 3 is 3.05 bits per heavy atom. The summed E-state index contributed by atoms with van der Waals surface area (Å²) in [6.07, 6.45) is 2.73. The molecular weight excluding hydrogens is 238 g/mol. The van der Waals surface area contributed by atoms with Crippen molar-refractivity contribution in [3.8, 4) is 0 Å². The number of hydrogen-bond donors (Lipinski definition) is 1. The van der Waals surface area contributed by atoms with Gasteiger partial charge in [-0.3, -0.25) is 0 Å². The SMILES string of the molecule is Cc1ccc(N2CCn3cnnc3C2)c(CCN)c1. The quantitative estimate of drug-likeness (QED) is 0.894. The first-order valence-electron chi connectivity index (χ1n) is 6.69. The molecule has 0 spiro atoms. The standard InChI is InChI=1S/C14H19N5/c1-11-2-3-13(12(8-11)4-5-15)18-6-7-19-10-16-17-14(19)9-18/h2-3,8,10H,4-7,9,15H2,1H3. The average Bonchev–Trinajstić information content (AvgIpc) is 2.86. The lowest BCUT2D eigenvalue weighted by Crippen LogP contribution is -2.34. The molecule has 5 heteroatoms. The van der Waals surface area contributed by atoms with Crippen molar-refractivity contribution in [3.05, 3.63) is 41.5 Å². The van der Waals surface area contributed by atoms with E-state index in [1.165, 1.54) is 16.8 Å². The van der Waals surface area contributed by atoms with Crippen LogP contribution in [0, 0.1) is 6.92 Å². The Morgan fingerprint density at radius 2 is 2.21 bits per heavy atom. The number of hydrogen-bond acceptors (Lipinski definition) is 4. The first-order chi connectivity index (χ1) is 9.28. The van der Waals surface area contributed by atoms with Crippen LogP contribution in [0.5, 0.6) is 0 Å². The molecule has 1 aromatic heterocycles. The monoisotopic (exact) mass is 257 g/mol. The summed E-state index contributed by atoms with van der Waals surface area (Å²) in [5.41, 5.74) is 9.62.